The Labute approximate surface area is 114 Å². The molecule has 0 spiro atoms. The van der Waals surface area contributed by atoms with Gasteiger partial charge in [-0.3, -0.25) is 0 Å². The van der Waals surface area contributed by atoms with Crippen LogP contribution < -0.4 is 5.46 Å². The fraction of sp³-hybridized carbons (Fsp3) is 0.500. The Morgan fingerprint density at radius 3 is 2.32 bits per heavy atom. The molecule has 19 heavy (non-hydrogen) atoms. The first-order chi connectivity index (χ1) is 8.91. The predicted molar refractivity (Wildman–Crippen MR) is 73.6 cm³/mol. The molecule has 1 aliphatic heterocycles. The van der Waals surface area contributed by atoms with Gasteiger partial charge in [-0.1, -0.05) is 18.1 Å². The first-order valence-corrected chi connectivity index (χ1v) is 7.83. The van der Waals surface area contributed by atoms with E-state index in [2.05, 4.69) is 0 Å². The van der Waals surface area contributed by atoms with E-state index in [9.17, 15) is 18.5 Å². The zero-order valence-corrected chi connectivity index (χ0v) is 11.7. The summed E-state index contributed by atoms with van der Waals surface area (Å²) in [6, 6.07) is 4.47. The third-order valence-corrected chi connectivity index (χ3v) is 5.20. The van der Waals surface area contributed by atoms with Crippen molar-refractivity contribution in [3.05, 3.63) is 23.8 Å². The van der Waals surface area contributed by atoms with Gasteiger partial charge in [0.2, 0.25) is 10.0 Å². The Hall–Kier alpha value is -0.885. The Bertz CT molecular complexity index is 553. The predicted octanol–water partition coefficient (Wildman–Crippen LogP) is -0.151. The van der Waals surface area contributed by atoms with Crippen molar-refractivity contribution in [1.29, 1.82) is 0 Å². The standard InChI is InChI=1S/C12H18BNO4S/c1-10-7-11(13(15)16)9-12(8-10)19(17,18)14-5-3-2-4-6-14/h7-9,15-16H,2-6H2,1H3. The number of benzene rings is 1. The Morgan fingerprint density at radius 1 is 1.11 bits per heavy atom. The molecule has 1 saturated heterocycles. The maximum absolute atomic E-state index is 12.5. The van der Waals surface area contributed by atoms with Crippen LogP contribution >= 0.6 is 0 Å². The Morgan fingerprint density at radius 2 is 1.74 bits per heavy atom. The fourth-order valence-corrected chi connectivity index (χ4v) is 3.99. The summed E-state index contributed by atoms with van der Waals surface area (Å²) in [5.41, 5.74) is 0.900. The normalized spacial score (nSPS) is 17.4. The molecule has 0 aromatic heterocycles. The van der Waals surface area contributed by atoms with Crippen molar-refractivity contribution in [1.82, 2.24) is 4.31 Å². The minimum absolute atomic E-state index is 0.137. The molecule has 104 valence electrons. The summed E-state index contributed by atoms with van der Waals surface area (Å²) in [6.45, 7) is 2.81. The van der Waals surface area contributed by atoms with Crippen LogP contribution in [0.2, 0.25) is 0 Å². The van der Waals surface area contributed by atoms with Gasteiger partial charge in [-0.25, -0.2) is 8.42 Å². The highest BCUT2D eigenvalue weighted by atomic mass is 32.2. The molecule has 2 N–H and O–H groups in total. The molecule has 1 aliphatic rings. The topological polar surface area (TPSA) is 77.8 Å². The van der Waals surface area contributed by atoms with E-state index in [-0.39, 0.29) is 10.4 Å². The lowest BCUT2D eigenvalue weighted by Crippen LogP contribution is -2.37. The first kappa shape index (κ1) is 14.5. The van der Waals surface area contributed by atoms with E-state index in [1.807, 2.05) is 0 Å². The minimum Gasteiger partial charge on any atom is -0.423 e. The van der Waals surface area contributed by atoms with Crippen LogP contribution in [0.25, 0.3) is 0 Å². The lowest BCUT2D eigenvalue weighted by Gasteiger charge is -2.26. The number of aryl methyl sites for hydroxylation is 1. The molecule has 1 aromatic rings. The zero-order valence-electron chi connectivity index (χ0n) is 10.9. The van der Waals surface area contributed by atoms with Crippen LogP contribution in [0.15, 0.2) is 23.1 Å². The Kier molecular flexibility index (Phi) is 4.30. The zero-order chi connectivity index (χ0) is 14.0. The highest BCUT2D eigenvalue weighted by molar-refractivity contribution is 7.89. The second kappa shape index (κ2) is 5.62. The number of hydrogen-bond donors (Lipinski definition) is 2. The van der Waals surface area contributed by atoms with Crippen molar-refractivity contribution in [3.63, 3.8) is 0 Å². The van der Waals surface area contributed by atoms with Gasteiger partial charge >= 0.3 is 7.12 Å². The maximum Gasteiger partial charge on any atom is 0.488 e. The molecule has 0 aliphatic carbocycles. The van der Waals surface area contributed by atoms with Crippen LogP contribution in [0.3, 0.4) is 0 Å². The Balaban J connectivity index is 2.39. The summed E-state index contributed by atoms with van der Waals surface area (Å²) >= 11 is 0. The van der Waals surface area contributed by atoms with Crippen LogP contribution in [0.5, 0.6) is 0 Å². The average molecular weight is 283 g/mol. The molecular formula is C12H18BNO4S. The van der Waals surface area contributed by atoms with Crippen LogP contribution in [-0.4, -0.2) is 43.0 Å². The fourth-order valence-electron chi connectivity index (χ4n) is 2.33. The van der Waals surface area contributed by atoms with Gasteiger partial charge in [0.1, 0.15) is 0 Å². The second-order valence-corrected chi connectivity index (χ2v) is 6.86. The van der Waals surface area contributed by atoms with Crippen LogP contribution in [0.1, 0.15) is 24.8 Å². The first-order valence-electron chi connectivity index (χ1n) is 6.39. The highest BCUT2D eigenvalue weighted by Crippen LogP contribution is 2.20. The molecule has 1 aromatic carbocycles. The summed E-state index contributed by atoms with van der Waals surface area (Å²) in [6.07, 6.45) is 2.81. The largest absolute Gasteiger partial charge is 0.488 e. The van der Waals surface area contributed by atoms with Crippen LogP contribution in [-0.2, 0) is 10.0 Å². The van der Waals surface area contributed by atoms with E-state index in [1.54, 1.807) is 19.1 Å². The van der Waals surface area contributed by atoms with Crippen molar-refractivity contribution in [3.8, 4) is 0 Å². The van der Waals surface area contributed by atoms with E-state index in [4.69, 9.17) is 0 Å². The molecule has 1 fully saturated rings. The SMILES string of the molecule is Cc1cc(B(O)O)cc(S(=O)(=O)N2CCCCC2)c1. The van der Waals surface area contributed by atoms with Gasteiger partial charge in [-0.2, -0.15) is 4.31 Å². The van der Waals surface area contributed by atoms with Crippen molar-refractivity contribution in [2.24, 2.45) is 0 Å². The number of hydrogen-bond acceptors (Lipinski definition) is 4. The van der Waals surface area contributed by atoms with Gasteiger partial charge in [0, 0.05) is 13.1 Å². The molecule has 2 rings (SSSR count). The molecule has 0 unspecified atom stereocenters. The van der Waals surface area contributed by atoms with Gasteiger partial charge in [-0.15, -0.1) is 0 Å². The van der Waals surface area contributed by atoms with E-state index >= 15 is 0 Å². The number of sulfonamides is 1. The molecule has 0 radical (unpaired) electrons. The molecule has 0 bridgehead atoms. The van der Waals surface area contributed by atoms with Gasteiger partial charge in [0.25, 0.3) is 0 Å². The molecule has 0 saturated carbocycles. The van der Waals surface area contributed by atoms with Gasteiger partial charge in [0.05, 0.1) is 4.90 Å². The minimum atomic E-state index is -3.53. The smallest absolute Gasteiger partial charge is 0.423 e. The monoisotopic (exact) mass is 283 g/mol. The van der Waals surface area contributed by atoms with Crippen molar-refractivity contribution in [2.45, 2.75) is 31.1 Å². The number of rotatable bonds is 3. The van der Waals surface area contributed by atoms with Gasteiger partial charge in [-0.05, 0) is 37.4 Å². The van der Waals surface area contributed by atoms with Gasteiger partial charge in [0.15, 0.2) is 0 Å². The summed E-state index contributed by atoms with van der Waals surface area (Å²) in [5.74, 6) is 0. The molecule has 1 heterocycles. The molecule has 7 heteroatoms. The van der Waals surface area contributed by atoms with Crippen LogP contribution in [0.4, 0.5) is 0 Å². The molecule has 0 atom stereocenters. The van der Waals surface area contributed by atoms with Gasteiger partial charge < -0.3 is 10.0 Å². The van der Waals surface area contributed by atoms with E-state index in [1.165, 1.54) is 10.4 Å². The van der Waals surface area contributed by atoms with Crippen molar-refractivity contribution < 1.29 is 18.5 Å². The lowest BCUT2D eigenvalue weighted by atomic mass is 9.80. The number of nitrogens with zero attached hydrogens (tertiary/aromatic N) is 1. The average Bonchev–Trinajstić information content (AvgIpc) is 2.39. The second-order valence-electron chi connectivity index (χ2n) is 4.92. The maximum atomic E-state index is 12.5. The van der Waals surface area contributed by atoms with E-state index in [0.717, 1.165) is 19.3 Å². The van der Waals surface area contributed by atoms with Crippen molar-refractivity contribution >= 4 is 22.6 Å². The third-order valence-electron chi connectivity index (χ3n) is 3.32. The summed E-state index contributed by atoms with van der Waals surface area (Å²) < 4.78 is 26.4. The molecule has 0 amide bonds. The molecule has 5 nitrogen and oxygen atoms in total. The summed E-state index contributed by atoms with van der Waals surface area (Å²) in [7, 11) is -5.19. The number of piperidine rings is 1. The lowest BCUT2D eigenvalue weighted by molar-refractivity contribution is 0.346. The third kappa shape index (κ3) is 3.17. The quantitative estimate of drug-likeness (QED) is 0.756. The summed E-state index contributed by atoms with van der Waals surface area (Å²) in [4.78, 5) is 0.137. The summed E-state index contributed by atoms with van der Waals surface area (Å²) in [5, 5.41) is 18.4. The van der Waals surface area contributed by atoms with Crippen molar-refractivity contribution in [2.75, 3.05) is 13.1 Å². The van der Waals surface area contributed by atoms with E-state index < -0.39 is 17.1 Å². The molecular weight excluding hydrogens is 265 g/mol. The van der Waals surface area contributed by atoms with E-state index in [0.29, 0.717) is 18.7 Å². The highest BCUT2D eigenvalue weighted by Gasteiger charge is 2.27. The van der Waals surface area contributed by atoms with Crippen LogP contribution in [0, 0.1) is 6.92 Å².